The van der Waals surface area contributed by atoms with Crippen LogP contribution in [-0.2, 0) is 63.2 Å². The molecule has 0 fully saturated rings. The number of rotatable bonds is 35. The first-order valence-electron chi connectivity index (χ1n) is 29.2. The summed E-state index contributed by atoms with van der Waals surface area (Å²) in [6, 6.07) is 49.2. The maximum absolute atomic E-state index is 11.3. The van der Waals surface area contributed by atoms with Crippen LogP contribution in [0, 0.1) is 0 Å². The zero-order valence-corrected chi connectivity index (χ0v) is 54.4. The predicted octanol–water partition coefficient (Wildman–Crippen LogP) is 13.7. The van der Waals surface area contributed by atoms with E-state index in [-0.39, 0.29) is 45.1 Å². The highest BCUT2D eigenvalue weighted by Crippen LogP contribution is 2.56. The fraction of sp³-hybridized carbons (Fsp3) is 0.219. The van der Waals surface area contributed by atoms with E-state index in [4.69, 9.17) is 47.4 Å². The Morgan fingerprint density at radius 3 is 1.03 bits per heavy atom. The average molecular weight is 1320 g/mol. The molecule has 0 saturated heterocycles. The lowest BCUT2D eigenvalue weighted by Crippen LogP contribution is -2.28. The van der Waals surface area contributed by atoms with Crippen LogP contribution in [0.4, 0.5) is 0 Å². The molecule has 0 radical (unpaired) electrons. The third-order valence-corrected chi connectivity index (χ3v) is 16.8. The normalized spacial score (nSPS) is 11.2. The van der Waals surface area contributed by atoms with Crippen LogP contribution < -0.4 is 18.9 Å². The summed E-state index contributed by atoms with van der Waals surface area (Å²) in [6.45, 7) is 31.1. The highest BCUT2D eigenvalue weighted by Gasteiger charge is 2.46. The van der Waals surface area contributed by atoms with Gasteiger partial charge in [0.2, 0.25) is 0 Å². The van der Waals surface area contributed by atoms with Gasteiger partial charge >= 0.3 is 29.8 Å². The molecule has 0 amide bonds. The van der Waals surface area contributed by atoms with Crippen molar-refractivity contribution in [1.29, 1.82) is 0 Å². The molecule has 0 atom stereocenters. The number of thioether (sulfide) groups is 2. The minimum Gasteiger partial charge on any atom is -0.491 e. The van der Waals surface area contributed by atoms with E-state index in [0.29, 0.717) is 60.9 Å². The summed E-state index contributed by atoms with van der Waals surface area (Å²) in [5.74, 6) is 2.35. The molecule has 1 aliphatic rings. The van der Waals surface area contributed by atoms with Gasteiger partial charge in [0.1, 0.15) is 94.8 Å². The van der Waals surface area contributed by atoms with E-state index in [9.17, 15) is 24.0 Å². The number of nitrogens with zero attached hydrogens (tertiary/aromatic N) is 2. The van der Waals surface area contributed by atoms with Gasteiger partial charge in [-0.05, 0) is 99.1 Å². The molecule has 0 bridgehead atoms. The Labute approximate surface area is 555 Å². The number of allylic oxidation sites excluding steroid dienone is 1. The van der Waals surface area contributed by atoms with Crippen molar-refractivity contribution in [3.8, 4) is 34.1 Å². The van der Waals surface area contributed by atoms with Gasteiger partial charge in [-0.1, -0.05) is 192 Å². The van der Waals surface area contributed by atoms with Gasteiger partial charge in [0.15, 0.2) is 8.68 Å². The van der Waals surface area contributed by atoms with E-state index in [0.717, 1.165) is 67.1 Å². The molecule has 1 heterocycles. The van der Waals surface area contributed by atoms with Crippen molar-refractivity contribution in [2.75, 3.05) is 77.6 Å². The number of hydrogen-bond donors (Lipinski definition) is 0. The van der Waals surface area contributed by atoms with Crippen molar-refractivity contribution >= 4 is 64.7 Å². The van der Waals surface area contributed by atoms with Crippen LogP contribution >= 0.6 is 34.9 Å². The quantitative estimate of drug-likeness (QED) is 0.00689. The fourth-order valence-electron chi connectivity index (χ4n) is 9.18. The second-order valence-corrected chi connectivity index (χ2v) is 23.5. The molecule has 0 aliphatic heterocycles. The van der Waals surface area contributed by atoms with Crippen LogP contribution in [0.15, 0.2) is 243 Å². The average Bonchev–Trinajstić information content (AvgIpc) is 1.56. The van der Waals surface area contributed by atoms with E-state index in [1.165, 1.54) is 57.1 Å². The monoisotopic (exact) mass is 1310 g/mol. The Balaban J connectivity index is 0.000000234. The number of benzene rings is 6. The molecule has 6 aromatic carbocycles. The number of hydrogen-bond acceptors (Lipinski definition) is 20. The van der Waals surface area contributed by atoms with Crippen LogP contribution in [0.5, 0.6) is 23.0 Å². The molecule has 20 heteroatoms. The van der Waals surface area contributed by atoms with Crippen LogP contribution in [-0.4, -0.2) is 118 Å². The van der Waals surface area contributed by atoms with Crippen molar-refractivity contribution in [2.45, 2.75) is 33.4 Å². The van der Waals surface area contributed by atoms with Crippen molar-refractivity contribution in [3.05, 3.63) is 267 Å². The van der Waals surface area contributed by atoms with E-state index in [2.05, 4.69) is 143 Å². The van der Waals surface area contributed by atoms with Crippen molar-refractivity contribution in [2.24, 2.45) is 0 Å². The molecule has 1 aromatic heterocycles. The topological polar surface area (TPSA) is 203 Å². The first-order chi connectivity index (χ1) is 45.1. The molecular formula is C73H74N2O15S3. The van der Waals surface area contributed by atoms with Crippen LogP contribution in [0.25, 0.3) is 11.1 Å². The summed E-state index contributed by atoms with van der Waals surface area (Å²) in [6.07, 6.45) is 7.21. The highest BCUT2D eigenvalue weighted by atomic mass is 32.2. The van der Waals surface area contributed by atoms with Crippen LogP contribution in [0.1, 0.15) is 47.2 Å². The Morgan fingerprint density at radius 1 is 0.409 bits per heavy atom. The van der Waals surface area contributed by atoms with E-state index in [1.807, 2.05) is 72.8 Å². The molecular weight excluding hydrogens is 1240 g/mol. The number of carbonyl (C=O) groups is 5. The third-order valence-electron chi connectivity index (χ3n) is 13.7. The molecule has 7 aromatic rings. The van der Waals surface area contributed by atoms with Gasteiger partial charge in [-0.15, -0.1) is 10.2 Å². The second-order valence-electron chi connectivity index (χ2n) is 19.9. The lowest BCUT2D eigenvalue weighted by atomic mass is 9.68. The van der Waals surface area contributed by atoms with Crippen LogP contribution in [0.2, 0.25) is 0 Å². The SMILES string of the molecule is C=CC(=C)OCCOc1ccc(C2(c3ccc(OCCOC(=O)C=C)cc3)c3ccccc3-c3ccccc32)cc1.C=CC(=O)OCCOc1ccc(C(C)(C)c2ccc(OCCOC(=O)C=C)cc2)cc1.C=CC(=O)OCCSc1nnc(SCCOC(=O)C=C)s1. The fourth-order valence-corrected chi connectivity index (χ4v) is 12.0. The molecule has 1 aliphatic carbocycles. The number of fused-ring (bicyclic) bond motifs is 3. The summed E-state index contributed by atoms with van der Waals surface area (Å²) >= 11 is 4.37. The van der Waals surface area contributed by atoms with Crippen molar-refractivity contribution in [3.63, 3.8) is 0 Å². The maximum Gasteiger partial charge on any atom is 0.330 e. The van der Waals surface area contributed by atoms with Gasteiger partial charge in [-0.3, -0.25) is 0 Å². The lowest BCUT2D eigenvalue weighted by Gasteiger charge is -2.34. The van der Waals surface area contributed by atoms with Gasteiger partial charge < -0.3 is 47.4 Å². The molecule has 0 spiro atoms. The molecule has 17 nitrogen and oxygen atoms in total. The van der Waals surface area contributed by atoms with Gasteiger partial charge in [-0.25, -0.2) is 24.0 Å². The second kappa shape index (κ2) is 38.1. The summed E-state index contributed by atoms with van der Waals surface area (Å²) in [5.41, 5.74) is 8.61. The minimum atomic E-state index is -0.533. The molecule has 0 unspecified atom stereocenters. The van der Waals surface area contributed by atoms with Gasteiger partial charge in [0, 0.05) is 47.3 Å². The largest absolute Gasteiger partial charge is 0.491 e. The first kappa shape index (κ1) is 72.2. The minimum absolute atomic E-state index is 0.154. The number of aromatic nitrogens is 2. The lowest BCUT2D eigenvalue weighted by molar-refractivity contribution is -0.139. The molecule has 0 N–H and O–H groups in total. The smallest absolute Gasteiger partial charge is 0.330 e. The van der Waals surface area contributed by atoms with Crippen molar-refractivity contribution < 1.29 is 71.3 Å². The third kappa shape index (κ3) is 21.9. The van der Waals surface area contributed by atoms with Crippen LogP contribution in [0.3, 0.4) is 0 Å². The zero-order chi connectivity index (χ0) is 66.9. The summed E-state index contributed by atoms with van der Waals surface area (Å²) in [4.78, 5) is 55.0. The highest BCUT2D eigenvalue weighted by molar-refractivity contribution is 8.03. The first-order valence-corrected chi connectivity index (χ1v) is 32.0. The Kier molecular flexibility index (Phi) is 29.6. The van der Waals surface area contributed by atoms with Gasteiger partial charge in [0.05, 0.1) is 5.41 Å². The standard InChI is InChI=1S/C36H32O5.C25H28O6.C12H14N2O4S3/c1-4-26(3)38-22-23-39-29-18-14-27(15-19-29)36(28-16-20-30(21-17-28)40-24-25-41-35(37)5-2)33-12-8-6-10-31(33)32-11-7-9-13-34(32)36;1-5-23(26)30-17-15-28-21-11-7-19(8-12-21)25(3,4)20-9-13-22(14-10-20)29-16-18-31-24(27)6-2;1-3-9(15)17-5-7-19-11-13-14-12(21-11)20-8-6-18-10(16)4-2/h4-21H,1-3,22-25H2;5-14H,1-2,15-18H2,3-4H3;3-4H,1-2,5-8H2. The summed E-state index contributed by atoms with van der Waals surface area (Å²) < 4.78 is 54.5. The van der Waals surface area contributed by atoms with E-state index >= 15 is 0 Å². The maximum atomic E-state index is 11.3. The predicted molar refractivity (Wildman–Crippen MR) is 363 cm³/mol. The van der Waals surface area contributed by atoms with Crippen molar-refractivity contribution in [1.82, 2.24) is 10.2 Å². The number of ether oxygens (including phenoxy) is 10. The molecule has 0 saturated carbocycles. The number of esters is 5. The number of carbonyl (C=O) groups excluding carboxylic acids is 5. The Hall–Kier alpha value is -9.89. The molecule has 8 rings (SSSR count). The Morgan fingerprint density at radius 2 is 0.710 bits per heavy atom. The zero-order valence-electron chi connectivity index (χ0n) is 52.0. The Bertz CT molecular complexity index is 3420. The summed E-state index contributed by atoms with van der Waals surface area (Å²) in [5, 5.41) is 8.02. The molecule has 93 heavy (non-hydrogen) atoms. The summed E-state index contributed by atoms with van der Waals surface area (Å²) in [7, 11) is 0. The van der Waals surface area contributed by atoms with Gasteiger partial charge in [-0.2, -0.15) is 0 Å². The van der Waals surface area contributed by atoms with E-state index < -0.39 is 35.3 Å². The van der Waals surface area contributed by atoms with Gasteiger partial charge in [0.25, 0.3) is 0 Å². The molecule has 484 valence electrons. The van der Waals surface area contributed by atoms with E-state index in [1.54, 1.807) is 6.08 Å².